The molecule has 0 radical (unpaired) electrons. The average molecular weight is 318 g/mol. The number of hydrogen-bond donors (Lipinski definition) is 3. The molecular weight excluding hydrogens is 306 g/mol. The Balaban J connectivity index is 1.94. The number of rotatable bonds is 4. The first-order chi connectivity index (χ1) is 10.6. The quantitative estimate of drug-likeness (QED) is 0.690. The van der Waals surface area contributed by atoms with Gasteiger partial charge in [-0.25, -0.2) is 9.89 Å². The number of phenols is 1. The van der Waals surface area contributed by atoms with Gasteiger partial charge in [0.05, 0.1) is 5.02 Å². The molecule has 3 aromatic rings. The highest BCUT2D eigenvalue weighted by Gasteiger charge is 2.11. The summed E-state index contributed by atoms with van der Waals surface area (Å²) in [6, 6.07) is 11.8. The lowest BCUT2D eigenvalue weighted by Gasteiger charge is -2.12. The van der Waals surface area contributed by atoms with Crippen molar-refractivity contribution < 1.29 is 9.84 Å². The first-order valence-electron chi connectivity index (χ1n) is 6.49. The van der Waals surface area contributed by atoms with E-state index >= 15 is 0 Å². The lowest BCUT2D eigenvalue weighted by molar-refractivity contribution is 0.460. The van der Waals surface area contributed by atoms with Crippen molar-refractivity contribution in [1.82, 2.24) is 15.2 Å². The number of aromatic nitrogens is 3. The molecule has 0 spiro atoms. The van der Waals surface area contributed by atoms with E-state index in [2.05, 4.69) is 15.2 Å². The van der Waals surface area contributed by atoms with Crippen LogP contribution in [0.5, 0.6) is 17.2 Å². The zero-order valence-electron chi connectivity index (χ0n) is 11.3. The normalized spacial score (nSPS) is 10.6. The smallest absolute Gasteiger partial charge is 0.340 e. The summed E-state index contributed by atoms with van der Waals surface area (Å²) in [4.78, 5) is 13.7. The van der Waals surface area contributed by atoms with Gasteiger partial charge in [-0.05, 0) is 30.3 Å². The molecule has 0 aliphatic heterocycles. The minimum Gasteiger partial charge on any atom is -0.508 e. The van der Waals surface area contributed by atoms with Gasteiger partial charge in [0.15, 0.2) is 0 Å². The summed E-state index contributed by atoms with van der Waals surface area (Å²) in [5.41, 5.74) is 0.284. The van der Waals surface area contributed by atoms with Crippen molar-refractivity contribution >= 4 is 11.6 Å². The molecule has 1 aromatic heterocycles. The number of nitrogens with one attached hydrogen (secondary N) is 2. The molecule has 0 unspecified atom stereocenters. The minimum atomic E-state index is -0.385. The minimum absolute atomic E-state index is 0.0967. The fourth-order valence-electron chi connectivity index (χ4n) is 2.02. The van der Waals surface area contributed by atoms with Crippen LogP contribution >= 0.6 is 11.6 Å². The van der Waals surface area contributed by atoms with Crippen LogP contribution in [0, 0.1) is 0 Å². The van der Waals surface area contributed by atoms with Crippen molar-refractivity contribution in [3.05, 3.63) is 69.4 Å². The molecule has 112 valence electrons. The van der Waals surface area contributed by atoms with E-state index in [0.29, 0.717) is 34.3 Å². The molecule has 7 heteroatoms. The molecule has 3 rings (SSSR count). The van der Waals surface area contributed by atoms with Gasteiger partial charge in [-0.2, -0.15) is 5.10 Å². The molecular formula is C15H12ClN3O3. The van der Waals surface area contributed by atoms with E-state index in [1.54, 1.807) is 30.3 Å². The number of nitrogens with zero attached hydrogens (tertiary/aromatic N) is 1. The monoisotopic (exact) mass is 317 g/mol. The van der Waals surface area contributed by atoms with E-state index in [1.165, 1.54) is 6.07 Å². The maximum Gasteiger partial charge on any atom is 0.340 e. The summed E-state index contributed by atoms with van der Waals surface area (Å²) in [5, 5.41) is 16.3. The van der Waals surface area contributed by atoms with E-state index in [9.17, 15) is 9.90 Å². The number of aromatic amines is 2. The van der Waals surface area contributed by atoms with E-state index in [0.717, 1.165) is 0 Å². The topological polar surface area (TPSA) is 91.0 Å². The van der Waals surface area contributed by atoms with Crippen molar-refractivity contribution in [2.75, 3.05) is 0 Å². The zero-order valence-corrected chi connectivity index (χ0v) is 12.1. The third kappa shape index (κ3) is 3.12. The molecule has 6 nitrogen and oxygen atoms in total. The molecule has 0 atom stereocenters. The van der Waals surface area contributed by atoms with E-state index in [4.69, 9.17) is 16.3 Å². The summed E-state index contributed by atoms with van der Waals surface area (Å²) in [5.74, 6) is 1.57. The van der Waals surface area contributed by atoms with Crippen LogP contribution < -0.4 is 10.4 Å². The molecule has 22 heavy (non-hydrogen) atoms. The second kappa shape index (κ2) is 5.95. The third-order valence-electron chi connectivity index (χ3n) is 3.01. The number of benzene rings is 2. The maximum absolute atomic E-state index is 11.1. The third-order valence-corrected chi connectivity index (χ3v) is 3.32. The first-order valence-corrected chi connectivity index (χ1v) is 6.87. The van der Waals surface area contributed by atoms with Crippen molar-refractivity contribution in [2.45, 2.75) is 6.42 Å². The van der Waals surface area contributed by atoms with Gasteiger partial charge in [0.1, 0.15) is 23.1 Å². The Morgan fingerprint density at radius 2 is 2.00 bits per heavy atom. The summed E-state index contributed by atoms with van der Waals surface area (Å²) in [6.07, 6.45) is 0.299. The highest BCUT2D eigenvalue weighted by molar-refractivity contribution is 6.32. The molecule has 3 N–H and O–H groups in total. The molecule has 1 heterocycles. The summed E-state index contributed by atoms with van der Waals surface area (Å²) >= 11 is 6.08. The van der Waals surface area contributed by atoms with Crippen LogP contribution in [0.4, 0.5) is 0 Å². The predicted molar refractivity (Wildman–Crippen MR) is 81.6 cm³/mol. The van der Waals surface area contributed by atoms with Gasteiger partial charge in [0, 0.05) is 12.0 Å². The van der Waals surface area contributed by atoms with Gasteiger partial charge >= 0.3 is 5.69 Å². The molecule has 0 saturated carbocycles. The maximum atomic E-state index is 11.1. The molecule has 0 bridgehead atoms. The van der Waals surface area contributed by atoms with Crippen LogP contribution in [0.1, 0.15) is 11.4 Å². The van der Waals surface area contributed by atoms with E-state index < -0.39 is 0 Å². The largest absolute Gasteiger partial charge is 0.508 e. The van der Waals surface area contributed by atoms with E-state index in [-0.39, 0.29) is 11.4 Å². The highest BCUT2D eigenvalue weighted by atomic mass is 35.5. The van der Waals surface area contributed by atoms with Crippen LogP contribution in [0.2, 0.25) is 5.02 Å². The fraction of sp³-hybridized carbons (Fsp3) is 0.0667. The van der Waals surface area contributed by atoms with Crippen LogP contribution in [0.25, 0.3) is 0 Å². The molecule has 2 aromatic carbocycles. The molecule has 0 aliphatic rings. The standard InChI is InChI=1S/C15H12ClN3O3/c16-11-3-1-2-4-13(11)22-12-6-5-10(20)7-9(12)8-14-17-15(21)19-18-14/h1-7,20H,8H2,(H2,17,18,19,21). The van der Waals surface area contributed by atoms with Gasteiger partial charge in [-0.3, -0.25) is 4.98 Å². The Hall–Kier alpha value is -2.73. The van der Waals surface area contributed by atoms with Crippen LogP contribution in [-0.2, 0) is 6.42 Å². The van der Waals surface area contributed by atoms with Gasteiger partial charge in [0.25, 0.3) is 0 Å². The molecule has 0 amide bonds. The lowest BCUT2D eigenvalue weighted by Crippen LogP contribution is -2.01. The summed E-state index contributed by atoms with van der Waals surface area (Å²) < 4.78 is 5.80. The molecule has 0 saturated heterocycles. The zero-order chi connectivity index (χ0) is 15.5. The summed E-state index contributed by atoms with van der Waals surface area (Å²) in [6.45, 7) is 0. The highest BCUT2D eigenvalue weighted by Crippen LogP contribution is 2.33. The van der Waals surface area contributed by atoms with Gasteiger partial charge < -0.3 is 9.84 Å². The average Bonchev–Trinajstić information content (AvgIpc) is 2.89. The number of aromatic hydroxyl groups is 1. The van der Waals surface area contributed by atoms with Gasteiger partial charge in [0.2, 0.25) is 0 Å². The summed E-state index contributed by atoms with van der Waals surface area (Å²) in [7, 11) is 0. The van der Waals surface area contributed by atoms with Crippen LogP contribution in [-0.4, -0.2) is 20.3 Å². The Morgan fingerprint density at radius 1 is 1.18 bits per heavy atom. The Labute approximate surface area is 130 Å². The van der Waals surface area contributed by atoms with Crippen molar-refractivity contribution in [1.29, 1.82) is 0 Å². The van der Waals surface area contributed by atoms with Crippen LogP contribution in [0.15, 0.2) is 47.3 Å². The predicted octanol–water partition coefficient (Wildman–Crippen LogP) is 2.84. The second-order valence-corrected chi connectivity index (χ2v) is 5.03. The number of para-hydroxylation sites is 1. The van der Waals surface area contributed by atoms with Gasteiger partial charge in [-0.1, -0.05) is 23.7 Å². The Morgan fingerprint density at radius 3 is 2.73 bits per heavy atom. The van der Waals surface area contributed by atoms with Crippen molar-refractivity contribution in [3.8, 4) is 17.2 Å². The Bertz CT molecular complexity index is 857. The van der Waals surface area contributed by atoms with Crippen molar-refractivity contribution in [2.24, 2.45) is 0 Å². The molecule has 0 aliphatic carbocycles. The van der Waals surface area contributed by atoms with Crippen molar-refractivity contribution in [3.63, 3.8) is 0 Å². The number of phenolic OH excluding ortho intramolecular Hbond substituents is 1. The second-order valence-electron chi connectivity index (χ2n) is 4.63. The lowest BCUT2D eigenvalue weighted by atomic mass is 10.1. The first kappa shape index (κ1) is 14.2. The van der Waals surface area contributed by atoms with Gasteiger partial charge in [-0.15, -0.1) is 0 Å². The molecule has 0 fully saturated rings. The number of hydrogen-bond acceptors (Lipinski definition) is 4. The number of H-pyrrole nitrogens is 2. The fourth-order valence-corrected chi connectivity index (χ4v) is 2.19. The SMILES string of the molecule is O=c1[nH]nc(Cc2cc(O)ccc2Oc2ccccc2Cl)[nH]1. The number of halogens is 1. The van der Waals surface area contributed by atoms with Crippen LogP contribution in [0.3, 0.4) is 0 Å². The Kier molecular flexibility index (Phi) is 3.84. The van der Waals surface area contributed by atoms with E-state index in [1.807, 2.05) is 6.07 Å². The number of ether oxygens (including phenoxy) is 1.